The van der Waals surface area contributed by atoms with Crippen LogP contribution in [0, 0.1) is 3.57 Å². The van der Waals surface area contributed by atoms with Gasteiger partial charge in [0.2, 0.25) is 0 Å². The largest absolute Gasteiger partial charge is 0.480 e. The lowest BCUT2D eigenvalue weighted by Crippen LogP contribution is -2.49. The van der Waals surface area contributed by atoms with Gasteiger partial charge in [-0.25, -0.2) is 9.59 Å². The molecule has 3 N–H and O–H groups in total. The lowest BCUT2D eigenvalue weighted by molar-refractivity contribution is -0.139. The third-order valence-corrected chi connectivity index (χ3v) is 3.28. The van der Waals surface area contributed by atoms with E-state index in [4.69, 9.17) is 9.84 Å². The minimum absolute atomic E-state index is 0.277. The van der Waals surface area contributed by atoms with Crippen LogP contribution in [0.15, 0.2) is 24.3 Å². The first-order valence-electron chi connectivity index (χ1n) is 6.84. The average Bonchev–Trinajstić information content (AvgIpc) is 2.41. The highest BCUT2D eigenvalue weighted by Gasteiger charge is 2.23. The van der Waals surface area contributed by atoms with Gasteiger partial charge in [-0.3, -0.25) is 4.79 Å². The number of benzene rings is 1. The molecular weight excluding hydrogens is 415 g/mol. The van der Waals surface area contributed by atoms with E-state index in [1.165, 1.54) is 0 Å². The molecule has 8 heteroatoms. The number of halogens is 1. The number of alkyl carbamates (subject to hydrolysis) is 1. The molecule has 126 valence electrons. The third-order valence-electron chi connectivity index (χ3n) is 2.56. The Kier molecular flexibility index (Phi) is 6.79. The van der Waals surface area contributed by atoms with Crippen molar-refractivity contribution in [3.8, 4) is 0 Å². The van der Waals surface area contributed by atoms with Crippen molar-refractivity contribution < 1.29 is 24.2 Å². The number of ether oxygens (including phenoxy) is 1. The molecule has 1 unspecified atom stereocenters. The van der Waals surface area contributed by atoms with Crippen LogP contribution in [0.3, 0.4) is 0 Å². The highest BCUT2D eigenvalue weighted by atomic mass is 127. The topological polar surface area (TPSA) is 105 Å². The molecule has 0 saturated heterocycles. The Morgan fingerprint density at radius 2 is 1.78 bits per heavy atom. The summed E-state index contributed by atoms with van der Waals surface area (Å²) in [6.07, 6.45) is -0.743. The van der Waals surface area contributed by atoms with Gasteiger partial charge in [0.15, 0.2) is 0 Å². The van der Waals surface area contributed by atoms with Crippen LogP contribution in [0.1, 0.15) is 31.1 Å². The zero-order valence-electron chi connectivity index (χ0n) is 13.1. The molecule has 0 spiro atoms. The Morgan fingerprint density at radius 3 is 2.26 bits per heavy atom. The molecule has 1 aromatic carbocycles. The summed E-state index contributed by atoms with van der Waals surface area (Å²) in [7, 11) is 0. The molecule has 7 nitrogen and oxygen atoms in total. The van der Waals surface area contributed by atoms with E-state index < -0.39 is 29.6 Å². The van der Waals surface area contributed by atoms with Crippen molar-refractivity contribution in [2.24, 2.45) is 0 Å². The maximum Gasteiger partial charge on any atom is 0.407 e. The number of amides is 2. The second-order valence-electron chi connectivity index (χ2n) is 5.75. The maximum atomic E-state index is 12.0. The van der Waals surface area contributed by atoms with E-state index in [2.05, 4.69) is 33.2 Å². The van der Waals surface area contributed by atoms with E-state index in [1.807, 2.05) is 0 Å². The Morgan fingerprint density at radius 1 is 1.22 bits per heavy atom. The summed E-state index contributed by atoms with van der Waals surface area (Å²) in [6.45, 7) is 4.81. The third kappa shape index (κ3) is 7.31. The van der Waals surface area contributed by atoms with Crippen LogP contribution in [-0.4, -0.2) is 41.3 Å². The number of rotatable bonds is 5. The molecule has 1 rings (SSSR count). The summed E-state index contributed by atoms with van der Waals surface area (Å²) >= 11 is 2.10. The number of carbonyl (C=O) groups is 3. The van der Waals surface area contributed by atoms with Crippen molar-refractivity contribution in [1.82, 2.24) is 10.6 Å². The van der Waals surface area contributed by atoms with Crippen molar-refractivity contribution in [2.45, 2.75) is 32.4 Å². The molecule has 0 fully saturated rings. The zero-order chi connectivity index (χ0) is 17.6. The molecule has 0 saturated carbocycles. The number of hydrogen-bond donors (Lipinski definition) is 3. The van der Waals surface area contributed by atoms with E-state index in [0.29, 0.717) is 5.56 Å². The Bertz CT molecular complexity index is 581. The van der Waals surface area contributed by atoms with Gasteiger partial charge < -0.3 is 20.5 Å². The number of carboxylic acid groups (broad SMARTS) is 1. The second kappa shape index (κ2) is 8.14. The quantitative estimate of drug-likeness (QED) is 0.615. The highest BCUT2D eigenvalue weighted by molar-refractivity contribution is 14.1. The van der Waals surface area contributed by atoms with Gasteiger partial charge in [-0.15, -0.1) is 0 Å². The monoisotopic (exact) mass is 434 g/mol. The predicted octanol–water partition coefficient (Wildman–Crippen LogP) is 2.00. The minimum Gasteiger partial charge on any atom is -0.480 e. The first-order chi connectivity index (χ1) is 10.6. The van der Waals surface area contributed by atoms with Crippen LogP contribution in [0.5, 0.6) is 0 Å². The molecule has 0 aromatic heterocycles. The summed E-state index contributed by atoms with van der Waals surface area (Å²) < 4.78 is 5.97. The first-order valence-corrected chi connectivity index (χ1v) is 7.92. The molecular formula is C15H19IN2O5. The van der Waals surface area contributed by atoms with Crippen molar-refractivity contribution in [1.29, 1.82) is 0 Å². The minimum atomic E-state index is -1.26. The van der Waals surface area contributed by atoms with E-state index in [0.717, 1.165) is 3.57 Å². The molecule has 0 heterocycles. The molecule has 1 aromatic rings. The van der Waals surface area contributed by atoms with Crippen LogP contribution < -0.4 is 10.6 Å². The molecule has 0 aliphatic rings. The van der Waals surface area contributed by atoms with Gasteiger partial charge >= 0.3 is 12.1 Å². The van der Waals surface area contributed by atoms with Gasteiger partial charge in [0, 0.05) is 9.13 Å². The fourth-order valence-electron chi connectivity index (χ4n) is 1.54. The molecule has 23 heavy (non-hydrogen) atoms. The summed E-state index contributed by atoms with van der Waals surface area (Å²) in [4.78, 5) is 34.8. The summed E-state index contributed by atoms with van der Waals surface area (Å²) in [5.74, 6) is -1.78. The summed E-state index contributed by atoms with van der Waals surface area (Å²) in [5, 5.41) is 13.8. The Balaban J connectivity index is 2.62. The molecule has 0 bridgehead atoms. The van der Waals surface area contributed by atoms with Gasteiger partial charge in [-0.2, -0.15) is 0 Å². The van der Waals surface area contributed by atoms with Crippen LogP contribution in [-0.2, 0) is 9.53 Å². The van der Waals surface area contributed by atoms with Gasteiger partial charge in [-0.1, -0.05) is 0 Å². The lowest BCUT2D eigenvalue weighted by Gasteiger charge is -2.21. The number of hydrogen-bond acceptors (Lipinski definition) is 4. The average molecular weight is 434 g/mol. The Labute approximate surface area is 147 Å². The fraction of sp³-hybridized carbons (Fsp3) is 0.400. The van der Waals surface area contributed by atoms with Gasteiger partial charge in [0.1, 0.15) is 11.6 Å². The molecule has 1 atom stereocenters. The smallest absolute Gasteiger partial charge is 0.407 e. The Hall–Kier alpha value is -1.84. The molecule has 0 radical (unpaired) electrons. The fourth-order valence-corrected chi connectivity index (χ4v) is 1.90. The first kappa shape index (κ1) is 19.2. The number of aliphatic carboxylic acids is 1. The molecule has 0 aliphatic heterocycles. The standard InChI is InChI=1S/C15H19IN2O5/c1-15(2,3)23-14(22)17-8-11(13(20)21)18-12(19)9-4-6-10(16)7-5-9/h4-7,11H,8H2,1-3H3,(H,17,22)(H,18,19)(H,20,21). The SMILES string of the molecule is CC(C)(C)OC(=O)NCC(NC(=O)c1ccc(I)cc1)C(=O)O. The summed E-state index contributed by atoms with van der Waals surface area (Å²) in [6, 6.07) is 5.41. The lowest BCUT2D eigenvalue weighted by atomic mass is 10.2. The van der Waals surface area contributed by atoms with E-state index in [-0.39, 0.29) is 6.54 Å². The maximum absolute atomic E-state index is 12.0. The van der Waals surface area contributed by atoms with Crippen molar-refractivity contribution >= 4 is 40.6 Å². The number of carboxylic acids is 1. The highest BCUT2D eigenvalue weighted by Crippen LogP contribution is 2.08. The van der Waals surface area contributed by atoms with Gasteiger partial charge in [0.25, 0.3) is 5.91 Å². The molecule has 0 aliphatic carbocycles. The van der Waals surface area contributed by atoms with Crippen molar-refractivity contribution in [2.75, 3.05) is 6.54 Å². The molecule has 2 amide bonds. The van der Waals surface area contributed by atoms with Crippen LogP contribution in [0.2, 0.25) is 0 Å². The van der Waals surface area contributed by atoms with Crippen LogP contribution in [0.4, 0.5) is 4.79 Å². The van der Waals surface area contributed by atoms with Crippen LogP contribution in [0.25, 0.3) is 0 Å². The van der Waals surface area contributed by atoms with Crippen molar-refractivity contribution in [3.05, 3.63) is 33.4 Å². The normalized spacial score (nSPS) is 12.2. The number of carbonyl (C=O) groups excluding carboxylic acids is 2. The van der Waals surface area contributed by atoms with Gasteiger partial charge in [-0.05, 0) is 67.6 Å². The van der Waals surface area contributed by atoms with E-state index in [1.54, 1.807) is 45.0 Å². The number of nitrogens with one attached hydrogen (secondary N) is 2. The van der Waals surface area contributed by atoms with Crippen molar-refractivity contribution in [3.63, 3.8) is 0 Å². The van der Waals surface area contributed by atoms with Gasteiger partial charge in [0.05, 0.1) is 6.54 Å². The van der Waals surface area contributed by atoms with E-state index >= 15 is 0 Å². The van der Waals surface area contributed by atoms with Crippen LogP contribution >= 0.6 is 22.6 Å². The predicted molar refractivity (Wildman–Crippen MR) is 92.3 cm³/mol. The second-order valence-corrected chi connectivity index (χ2v) is 7.00. The zero-order valence-corrected chi connectivity index (χ0v) is 15.2. The summed E-state index contributed by atoms with van der Waals surface area (Å²) in [5.41, 5.74) is -0.346. The van der Waals surface area contributed by atoms with E-state index in [9.17, 15) is 14.4 Å².